The number of methoxy groups -OCH3 is 1. The second-order valence-electron chi connectivity index (χ2n) is 3.72. The summed E-state index contributed by atoms with van der Waals surface area (Å²) in [6.07, 6.45) is 1.15. The van der Waals surface area contributed by atoms with Crippen LogP contribution in [0.25, 0.3) is 0 Å². The van der Waals surface area contributed by atoms with E-state index in [4.69, 9.17) is 22.1 Å². The Bertz CT molecular complexity index is 418. The second-order valence-corrected chi connectivity index (χ2v) is 4.10. The molecule has 0 bridgehead atoms. The summed E-state index contributed by atoms with van der Waals surface area (Å²) < 4.78 is 32.0. The molecule has 0 aromatic heterocycles. The lowest BCUT2D eigenvalue weighted by atomic mass is 10.0. The van der Waals surface area contributed by atoms with Gasteiger partial charge in [-0.1, -0.05) is 11.6 Å². The van der Waals surface area contributed by atoms with Crippen LogP contribution in [0.3, 0.4) is 0 Å². The molecule has 0 atom stereocenters. The molecule has 0 spiro atoms. The molecule has 0 heterocycles. The van der Waals surface area contributed by atoms with Gasteiger partial charge in [0.25, 0.3) is 0 Å². The largest absolute Gasteiger partial charge is 0.495 e. The molecule has 1 aliphatic carbocycles. The van der Waals surface area contributed by atoms with Crippen LogP contribution in [-0.4, -0.2) is 7.11 Å². The van der Waals surface area contributed by atoms with E-state index in [1.807, 2.05) is 0 Å². The van der Waals surface area contributed by atoms with E-state index in [1.54, 1.807) is 0 Å². The first-order valence-corrected chi connectivity index (χ1v) is 4.88. The summed E-state index contributed by atoms with van der Waals surface area (Å²) in [5, 5.41) is -0.217. The fourth-order valence-corrected chi connectivity index (χ4v) is 1.79. The first-order valence-electron chi connectivity index (χ1n) is 4.50. The van der Waals surface area contributed by atoms with Gasteiger partial charge in [0, 0.05) is 17.2 Å². The average Bonchev–Trinajstić information content (AvgIpc) is 2.91. The average molecular weight is 234 g/mol. The van der Waals surface area contributed by atoms with E-state index < -0.39 is 17.2 Å². The van der Waals surface area contributed by atoms with Gasteiger partial charge in [-0.3, -0.25) is 0 Å². The maximum atomic E-state index is 13.7. The van der Waals surface area contributed by atoms with E-state index in [0.717, 1.165) is 6.07 Å². The van der Waals surface area contributed by atoms with Crippen molar-refractivity contribution >= 4 is 11.6 Å². The van der Waals surface area contributed by atoms with Gasteiger partial charge in [-0.15, -0.1) is 0 Å². The number of ether oxygens (including phenoxy) is 1. The Morgan fingerprint density at radius 3 is 2.53 bits per heavy atom. The molecule has 5 heteroatoms. The molecule has 0 saturated heterocycles. The van der Waals surface area contributed by atoms with Gasteiger partial charge in [0.15, 0.2) is 5.82 Å². The Kier molecular flexibility index (Phi) is 2.35. The zero-order valence-electron chi connectivity index (χ0n) is 8.11. The predicted octanol–water partition coefficient (Wildman–Crippen LogP) is 2.57. The summed E-state index contributed by atoms with van der Waals surface area (Å²) in [7, 11) is 1.30. The van der Waals surface area contributed by atoms with Crippen molar-refractivity contribution in [1.29, 1.82) is 0 Å². The number of benzene rings is 1. The molecule has 15 heavy (non-hydrogen) atoms. The van der Waals surface area contributed by atoms with Gasteiger partial charge in [-0.05, 0) is 12.8 Å². The lowest BCUT2D eigenvalue weighted by molar-refractivity contribution is 0.403. The summed E-state index contributed by atoms with van der Waals surface area (Å²) in [5.41, 5.74) is 4.73. The third-order valence-corrected chi connectivity index (χ3v) is 2.98. The minimum absolute atomic E-state index is 0.0142. The first-order chi connectivity index (χ1) is 6.99. The summed E-state index contributed by atoms with van der Waals surface area (Å²) in [6.45, 7) is 0. The fraction of sp³-hybridized carbons (Fsp3) is 0.400. The zero-order chi connectivity index (χ0) is 11.2. The lowest BCUT2D eigenvalue weighted by Gasteiger charge is -2.14. The highest BCUT2D eigenvalue weighted by molar-refractivity contribution is 6.32. The van der Waals surface area contributed by atoms with E-state index in [-0.39, 0.29) is 16.3 Å². The molecule has 1 aromatic rings. The minimum Gasteiger partial charge on any atom is -0.495 e. The highest BCUT2D eigenvalue weighted by Crippen LogP contribution is 2.47. The molecular formula is C10H10ClF2NO. The number of nitrogens with two attached hydrogens (primary N) is 1. The molecule has 82 valence electrons. The Balaban J connectivity index is 2.61. The van der Waals surface area contributed by atoms with Crippen LogP contribution in [0.1, 0.15) is 18.4 Å². The summed E-state index contributed by atoms with van der Waals surface area (Å²) in [6, 6.07) is 1.06. The van der Waals surface area contributed by atoms with Crippen molar-refractivity contribution in [2.24, 2.45) is 5.73 Å². The summed E-state index contributed by atoms with van der Waals surface area (Å²) >= 11 is 5.68. The molecule has 0 radical (unpaired) electrons. The van der Waals surface area contributed by atoms with E-state index >= 15 is 0 Å². The van der Waals surface area contributed by atoms with Gasteiger partial charge in [0.05, 0.1) is 7.11 Å². The van der Waals surface area contributed by atoms with Crippen LogP contribution in [0.2, 0.25) is 5.02 Å². The van der Waals surface area contributed by atoms with E-state index in [0.29, 0.717) is 12.8 Å². The van der Waals surface area contributed by atoms with Crippen LogP contribution in [0.15, 0.2) is 6.07 Å². The van der Waals surface area contributed by atoms with Gasteiger partial charge in [-0.2, -0.15) is 0 Å². The van der Waals surface area contributed by atoms with Crippen LogP contribution in [0, 0.1) is 11.6 Å². The van der Waals surface area contributed by atoms with Gasteiger partial charge >= 0.3 is 0 Å². The SMILES string of the molecule is COc1cc(F)c(C2(N)CC2)c(F)c1Cl. The predicted molar refractivity (Wildman–Crippen MR) is 53.0 cm³/mol. The monoisotopic (exact) mass is 233 g/mol. The molecule has 2 nitrogen and oxygen atoms in total. The maximum absolute atomic E-state index is 13.7. The quantitative estimate of drug-likeness (QED) is 0.797. The molecule has 1 saturated carbocycles. The first kappa shape index (κ1) is 10.6. The molecule has 2 rings (SSSR count). The standard InChI is InChI=1S/C10H10ClF2NO/c1-15-6-4-5(12)7(9(13)8(6)11)10(14)2-3-10/h4H,2-3,14H2,1H3. The number of hydrogen-bond acceptors (Lipinski definition) is 2. The molecule has 1 aliphatic rings. The lowest BCUT2D eigenvalue weighted by Crippen LogP contribution is -2.22. The maximum Gasteiger partial charge on any atom is 0.153 e. The third kappa shape index (κ3) is 1.58. The zero-order valence-corrected chi connectivity index (χ0v) is 8.87. The Morgan fingerprint density at radius 1 is 1.47 bits per heavy atom. The molecule has 0 unspecified atom stereocenters. The topological polar surface area (TPSA) is 35.2 Å². The Morgan fingerprint density at radius 2 is 2.07 bits per heavy atom. The molecule has 2 N–H and O–H groups in total. The molecule has 0 aliphatic heterocycles. The Hall–Kier alpha value is -0.870. The molecule has 1 fully saturated rings. The molecule has 0 amide bonds. The van der Waals surface area contributed by atoms with Crippen molar-refractivity contribution in [1.82, 2.24) is 0 Å². The van der Waals surface area contributed by atoms with Crippen molar-refractivity contribution in [3.8, 4) is 5.75 Å². The van der Waals surface area contributed by atoms with Gasteiger partial charge < -0.3 is 10.5 Å². The number of hydrogen-bond donors (Lipinski definition) is 1. The van der Waals surface area contributed by atoms with Crippen LogP contribution in [-0.2, 0) is 5.54 Å². The van der Waals surface area contributed by atoms with Crippen molar-refractivity contribution in [2.75, 3.05) is 7.11 Å². The van der Waals surface area contributed by atoms with Crippen molar-refractivity contribution in [3.63, 3.8) is 0 Å². The fourth-order valence-electron chi connectivity index (χ4n) is 1.56. The van der Waals surface area contributed by atoms with Gasteiger partial charge in [-0.25, -0.2) is 8.78 Å². The van der Waals surface area contributed by atoms with Crippen molar-refractivity contribution in [2.45, 2.75) is 18.4 Å². The smallest absolute Gasteiger partial charge is 0.153 e. The van der Waals surface area contributed by atoms with Crippen LogP contribution in [0.4, 0.5) is 8.78 Å². The van der Waals surface area contributed by atoms with Crippen LogP contribution in [0.5, 0.6) is 5.75 Å². The number of halogens is 3. The van der Waals surface area contributed by atoms with Crippen molar-refractivity contribution in [3.05, 3.63) is 28.3 Å². The minimum atomic E-state index is -0.885. The van der Waals surface area contributed by atoms with Gasteiger partial charge in [0.2, 0.25) is 0 Å². The van der Waals surface area contributed by atoms with Gasteiger partial charge in [0.1, 0.15) is 16.6 Å². The summed E-state index contributed by atoms with van der Waals surface area (Å²) in [5.74, 6) is -1.53. The second kappa shape index (κ2) is 3.32. The Labute approximate surface area is 91.0 Å². The third-order valence-electron chi connectivity index (χ3n) is 2.63. The van der Waals surface area contributed by atoms with Crippen LogP contribution >= 0.6 is 11.6 Å². The highest BCUT2D eigenvalue weighted by atomic mass is 35.5. The van der Waals surface area contributed by atoms with Crippen molar-refractivity contribution < 1.29 is 13.5 Å². The number of rotatable bonds is 2. The molecular weight excluding hydrogens is 224 g/mol. The van der Waals surface area contributed by atoms with Crippen LogP contribution < -0.4 is 10.5 Å². The normalized spacial score (nSPS) is 17.7. The molecule has 1 aromatic carbocycles. The highest BCUT2D eigenvalue weighted by Gasteiger charge is 2.45. The van der Waals surface area contributed by atoms with E-state index in [1.165, 1.54) is 7.11 Å². The summed E-state index contributed by atoms with van der Waals surface area (Å²) in [4.78, 5) is 0. The van der Waals surface area contributed by atoms with E-state index in [2.05, 4.69) is 0 Å². The van der Waals surface area contributed by atoms with E-state index in [9.17, 15) is 8.78 Å².